The van der Waals surface area contributed by atoms with Crippen molar-refractivity contribution in [1.29, 1.82) is 0 Å². The normalized spacial score (nSPS) is 14.9. The lowest BCUT2D eigenvalue weighted by molar-refractivity contribution is -0.139. The van der Waals surface area contributed by atoms with Crippen molar-refractivity contribution < 1.29 is 14.3 Å². The summed E-state index contributed by atoms with van der Waals surface area (Å²) in [6.07, 6.45) is 1.82. The number of alkyl halides is 1. The number of hydrogen-bond acceptors (Lipinski definition) is 6. The van der Waals surface area contributed by atoms with Gasteiger partial charge in [-0.05, 0) is 59.9 Å². The van der Waals surface area contributed by atoms with E-state index in [2.05, 4.69) is 64.8 Å². The van der Waals surface area contributed by atoms with Gasteiger partial charge in [-0.3, -0.25) is 14.3 Å². The second-order valence-electron chi connectivity index (χ2n) is 13.1. The Balaban J connectivity index is 1.48. The zero-order chi connectivity index (χ0) is 30.1. The number of rotatable bonds is 7. The van der Waals surface area contributed by atoms with E-state index < -0.39 is 0 Å². The molecule has 1 aliphatic rings. The second kappa shape index (κ2) is 12.3. The number of carbonyl (C=O) groups is 2. The number of aryl methyl sites for hydroxylation is 1. The van der Waals surface area contributed by atoms with Crippen LogP contribution < -0.4 is 0 Å². The summed E-state index contributed by atoms with van der Waals surface area (Å²) < 4.78 is 6.40. The number of aromatic nitrogens is 3. The largest absolute Gasteiger partial charge is 0.469 e. The first kappa shape index (κ1) is 31.2. The van der Waals surface area contributed by atoms with E-state index in [1.807, 2.05) is 17.9 Å². The van der Waals surface area contributed by atoms with E-state index in [9.17, 15) is 9.59 Å². The third kappa shape index (κ3) is 7.39. The quantitative estimate of drug-likeness (QED) is 0.221. The Kier molecular flexibility index (Phi) is 9.34. The summed E-state index contributed by atoms with van der Waals surface area (Å²) in [5, 5.41) is 5.54. The Morgan fingerprint density at radius 3 is 2.17 bits per heavy atom. The van der Waals surface area contributed by atoms with Crippen molar-refractivity contribution in [2.75, 3.05) is 20.2 Å². The summed E-state index contributed by atoms with van der Waals surface area (Å²) in [4.78, 5) is 32.9. The van der Waals surface area contributed by atoms with Gasteiger partial charge in [0.25, 0.3) is 0 Å². The van der Waals surface area contributed by atoms with E-state index in [-0.39, 0.29) is 35.7 Å². The van der Waals surface area contributed by atoms with Gasteiger partial charge < -0.3 is 9.64 Å². The molecule has 0 radical (unpaired) electrons. The molecular weight excluding hydrogens is 556 g/mol. The number of nitrogens with zero attached hydrogens (tertiary/aromatic N) is 4. The van der Waals surface area contributed by atoms with E-state index in [0.29, 0.717) is 30.6 Å². The predicted octanol–water partition coefficient (Wildman–Crippen LogP) is 6.77. The highest BCUT2D eigenvalue weighted by molar-refractivity contribution is 7.12. The number of halogens is 1. The molecule has 3 heterocycles. The molecule has 0 N–H and O–H groups in total. The van der Waals surface area contributed by atoms with Crippen LogP contribution in [-0.2, 0) is 44.0 Å². The second-order valence-corrected chi connectivity index (χ2v) is 14.5. The van der Waals surface area contributed by atoms with Gasteiger partial charge in [0.05, 0.1) is 35.8 Å². The standard InChI is InChI=1S/C32H43ClN4O3S/c1-20-13-25(17-28(39)40-8)35-37(20)19-27(38)36-11-9-21(10-12-36)30-34-29(26(18-33)41-30)22-14-23(31(2,3)4)16-24(15-22)32(5,6)7/h13-16,21H,9-12,17-19H2,1-8H3. The monoisotopic (exact) mass is 598 g/mol. The van der Waals surface area contributed by atoms with Crippen LogP contribution in [0.15, 0.2) is 24.3 Å². The maximum absolute atomic E-state index is 13.1. The molecule has 1 amide bonds. The molecule has 1 saturated heterocycles. The molecule has 7 nitrogen and oxygen atoms in total. The molecule has 0 unspecified atom stereocenters. The maximum Gasteiger partial charge on any atom is 0.311 e. The summed E-state index contributed by atoms with van der Waals surface area (Å²) in [5.41, 5.74) is 6.22. The van der Waals surface area contributed by atoms with Crippen LogP contribution in [0.4, 0.5) is 0 Å². The molecule has 9 heteroatoms. The Morgan fingerprint density at radius 2 is 1.63 bits per heavy atom. The molecule has 222 valence electrons. The summed E-state index contributed by atoms with van der Waals surface area (Å²) in [6.45, 7) is 16.9. The van der Waals surface area contributed by atoms with Crippen LogP contribution in [0.5, 0.6) is 0 Å². The van der Waals surface area contributed by atoms with Gasteiger partial charge in [-0.1, -0.05) is 47.6 Å². The third-order valence-electron chi connectivity index (χ3n) is 7.84. The number of likely N-dealkylation sites (tertiary alicyclic amines) is 1. The predicted molar refractivity (Wildman–Crippen MR) is 166 cm³/mol. The Hall–Kier alpha value is -2.71. The Morgan fingerprint density at radius 1 is 1.02 bits per heavy atom. The van der Waals surface area contributed by atoms with Crippen LogP contribution >= 0.6 is 22.9 Å². The number of carbonyl (C=O) groups excluding carboxylic acids is 2. The third-order valence-corrected chi connectivity index (χ3v) is 9.48. The first-order valence-electron chi connectivity index (χ1n) is 14.3. The maximum atomic E-state index is 13.1. The molecule has 0 spiro atoms. The molecule has 0 saturated carbocycles. The number of methoxy groups -OCH3 is 1. The Labute approximate surface area is 253 Å². The summed E-state index contributed by atoms with van der Waals surface area (Å²) in [7, 11) is 1.36. The van der Waals surface area contributed by atoms with Gasteiger partial charge in [-0.25, -0.2) is 4.98 Å². The minimum atomic E-state index is -0.345. The molecule has 0 bridgehead atoms. The van der Waals surface area contributed by atoms with Crippen LogP contribution in [-0.4, -0.2) is 51.7 Å². The van der Waals surface area contributed by atoms with Crippen LogP contribution in [0.25, 0.3) is 11.3 Å². The van der Waals surface area contributed by atoms with Gasteiger partial charge in [-0.15, -0.1) is 22.9 Å². The van der Waals surface area contributed by atoms with Gasteiger partial charge in [0.15, 0.2) is 0 Å². The lowest BCUT2D eigenvalue weighted by Gasteiger charge is -2.31. The number of benzene rings is 1. The van der Waals surface area contributed by atoms with Crippen LogP contribution in [0, 0.1) is 6.92 Å². The average Bonchev–Trinajstić information content (AvgIpc) is 3.50. The molecule has 0 aliphatic carbocycles. The molecule has 1 aromatic carbocycles. The van der Waals surface area contributed by atoms with E-state index in [0.717, 1.165) is 39.7 Å². The summed E-state index contributed by atoms with van der Waals surface area (Å²) in [6, 6.07) is 8.71. The molecule has 4 rings (SSSR count). The van der Waals surface area contributed by atoms with Crippen molar-refractivity contribution in [2.24, 2.45) is 0 Å². The van der Waals surface area contributed by atoms with Gasteiger partial charge in [0, 0.05) is 35.1 Å². The van der Waals surface area contributed by atoms with Crippen molar-refractivity contribution in [3.05, 3.63) is 56.7 Å². The topological polar surface area (TPSA) is 77.3 Å². The zero-order valence-corrected chi connectivity index (χ0v) is 27.2. The van der Waals surface area contributed by atoms with Gasteiger partial charge in [0.1, 0.15) is 6.54 Å². The lowest BCUT2D eigenvalue weighted by atomic mass is 9.79. The smallest absolute Gasteiger partial charge is 0.311 e. The van der Waals surface area contributed by atoms with Crippen LogP contribution in [0.1, 0.15) is 92.7 Å². The van der Waals surface area contributed by atoms with Crippen LogP contribution in [0.2, 0.25) is 0 Å². The number of hydrogen-bond donors (Lipinski definition) is 0. The SMILES string of the molecule is COC(=O)Cc1cc(C)n(CC(=O)N2CCC(c3nc(-c4cc(C(C)(C)C)cc(C(C)(C)C)c4)c(CCl)s3)CC2)n1. The highest BCUT2D eigenvalue weighted by atomic mass is 35.5. The number of esters is 1. The fourth-order valence-corrected chi connectivity index (χ4v) is 6.54. The summed E-state index contributed by atoms with van der Waals surface area (Å²) in [5.74, 6) is 0.415. The van der Waals surface area contributed by atoms with Gasteiger partial charge in [0.2, 0.25) is 5.91 Å². The minimum Gasteiger partial charge on any atom is -0.469 e. The Bertz CT molecular complexity index is 1370. The summed E-state index contributed by atoms with van der Waals surface area (Å²) >= 11 is 8.18. The zero-order valence-electron chi connectivity index (χ0n) is 25.6. The van der Waals surface area contributed by atoms with Crippen molar-refractivity contribution in [3.63, 3.8) is 0 Å². The van der Waals surface area contributed by atoms with E-state index in [4.69, 9.17) is 21.3 Å². The lowest BCUT2D eigenvalue weighted by Crippen LogP contribution is -2.40. The number of piperidine rings is 1. The molecular formula is C32H43ClN4O3S. The molecule has 41 heavy (non-hydrogen) atoms. The molecule has 1 fully saturated rings. The van der Waals surface area contributed by atoms with Gasteiger partial charge in [-0.2, -0.15) is 5.10 Å². The molecule has 1 aliphatic heterocycles. The van der Waals surface area contributed by atoms with E-state index in [1.54, 1.807) is 16.0 Å². The van der Waals surface area contributed by atoms with Crippen molar-refractivity contribution in [2.45, 2.75) is 96.9 Å². The van der Waals surface area contributed by atoms with Crippen LogP contribution in [0.3, 0.4) is 0 Å². The molecule has 0 atom stereocenters. The average molecular weight is 599 g/mol. The van der Waals surface area contributed by atoms with E-state index in [1.165, 1.54) is 18.2 Å². The fraction of sp³-hybridized carbons (Fsp3) is 0.562. The fourth-order valence-electron chi connectivity index (χ4n) is 5.14. The minimum absolute atomic E-state index is 0.0208. The van der Waals surface area contributed by atoms with Gasteiger partial charge >= 0.3 is 5.97 Å². The highest BCUT2D eigenvalue weighted by Gasteiger charge is 2.29. The number of ether oxygens (including phenoxy) is 1. The first-order valence-corrected chi connectivity index (χ1v) is 15.6. The van der Waals surface area contributed by atoms with Crippen molar-refractivity contribution >= 4 is 34.8 Å². The van der Waals surface area contributed by atoms with Crippen molar-refractivity contribution in [3.8, 4) is 11.3 Å². The number of amides is 1. The number of thiazole rings is 1. The van der Waals surface area contributed by atoms with E-state index >= 15 is 0 Å². The highest BCUT2D eigenvalue weighted by Crippen LogP contribution is 2.40. The molecule has 2 aromatic heterocycles. The first-order chi connectivity index (χ1) is 19.2. The molecule has 3 aromatic rings. The van der Waals surface area contributed by atoms with Crippen molar-refractivity contribution in [1.82, 2.24) is 19.7 Å².